The van der Waals surface area contributed by atoms with Gasteiger partial charge in [-0.25, -0.2) is 0 Å². The van der Waals surface area contributed by atoms with E-state index in [-0.39, 0.29) is 17.6 Å². The number of aliphatic hydroxyl groups is 1. The van der Waals surface area contributed by atoms with Gasteiger partial charge in [0.25, 0.3) is 11.6 Å². The van der Waals surface area contributed by atoms with E-state index < -0.39 is 11.0 Å². The van der Waals surface area contributed by atoms with Crippen LogP contribution in [0.4, 0.5) is 5.69 Å². The first-order chi connectivity index (χ1) is 9.41. The number of β-amino-alcohol motifs (C(OH)–C–C–N with tert-alkyl or cyclic N) is 1. The number of likely N-dealkylation sites (N-methyl/N-ethyl adjacent to an activating group) is 1. The number of hydrogen-bond acceptors (Lipinski definition) is 5. The van der Waals surface area contributed by atoms with Gasteiger partial charge in [-0.15, -0.1) is 0 Å². The van der Waals surface area contributed by atoms with Crippen molar-refractivity contribution in [1.82, 2.24) is 10.2 Å². The number of benzene rings is 1. The average molecular weight is 279 g/mol. The summed E-state index contributed by atoms with van der Waals surface area (Å²) < 4.78 is 0. The van der Waals surface area contributed by atoms with Gasteiger partial charge in [0.2, 0.25) is 0 Å². The topological polar surface area (TPSA) is 95.7 Å². The van der Waals surface area contributed by atoms with E-state index in [4.69, 9.17) is 0 Å². The molecule has 1 heterocycles. The standard InChI is InChI=1S/C13H17N3O4/c1-8-3-4-9(16(19)20)5-10(8)13(18)15(2)11-6-14-7-12(11)17/h3-5,11-12,14,17H,6-7H2,1-2H3/t11-,12-/m1/s1. The van der Waals surface area contributed by atoms with Crippen molar-refractivity contribution in [3.8, 4) is 0 Å². The summed E-state index contributed by atoms with van der Waals surface area (Å²) in [5.41, 5.74) is 0.853. The van der Waals surface area contributed by atoms with Crippen molar-refractivity contribution in [2.45, 2.75) is 19.1 Å². The van der Waals surface area contributed by atoms with Crippen LogP contribution in [0.3, 0.4) is 0 Å². The number of nitrogens with one attached hydrogen (secondary N) is 1. The van der Waals surface area contributed by atoms with E-state index in [0.717, 1.165) is 0 Å². The fourth-order valence-electron chi connectivity index (χ4n) is 2.34. The van der Waals surface area contributed by atoms with Crippen molar-refractivity contribution >= 4 is 11.6 Å². The molecule has 2 N–H and O–H groups in total. The number of non-ortho nitro benzene ring substituents is 1. The first kappa shape index (κ1) is 14.4. The highest BCUT2D eigenvalue weighted by molar-refractivity contribution is 5.96. The Labute approximate surface area is 116 Å². The molecule has 0 bridgehead atoms. The molecular weight excluding hydrogens is 262 g/mol. The summed E-state index contributed by atoms with van der Waals surface area (Å²) >= 11 is 0. The number of amides is 1. The Balaban J connectivity index is 2.28. The number of hydrogen-bond donors (Lipinski definition) is 2. The second-order valence-electron chi connectivity index (χ2n) is 4.97. The number of nitro groups is 1. The van der Waals surface area contributed by atoms with Crippen LogP contribution in [0.25, 0.3) is 0 Å². The van der Waals surface area contributed by atoms with Gasteiger partial charge in [0.05, 0.1) is 17.1 Å². The van der Waals surface area contributed by atoms with Crippen LogP contribution in [0.1, 0.15) is 15.9 Å². The van der Waals surface area contributed by atoms with E-state index in [2.05, 4.69) is 5.32 Å². The summed E-state index contributed by atoms with van der Waals surface area (Å²) in [4.78, 5) is 24.1. The molecule has 0 spiro atoms. The number of carbonyl (C=O) groups excluding carboxylic acids is 1. The van der Waals surface area contributed by atoms with Crippen molar-refractivity contribution in [2.75, 3.05) is 20.1 Å². The maximum Gasteiger partial charge on any atom is 0.270 e. The van der Waals surface area contributed by atoms with Crippen molar-refractivity contribution in [1.29, 1.82) is 0 Å². The Morgan fingerprint density at radius 1 is 1.50 bits per heavy atom. The van der Waals surface area contributed by atoms with Crippen molar-refractivity contribution < 1.29 is 14.8 Å². The number of rotatable bonds is 3. The fraction of sp³-hybridized carbons (Fsp3) is 0.462. The van der Waals surface area contributed by atoms with Crippen LogP contribution < -0.4 is 5.32 Å². The second-order valence-corrected chi connectivity index (χ2v) is 4.97. The third kappa shape index (κ3) is 2.63. The van der Waals surface area contributed by atoms with Gasteiger partial charge in [-0.2, -0.15) is 0 Å². The molecule has 0 unspecified atom stereocenters. The molecular formula is C13H17N3O4. The van der Waals surface area contributed by atoms with Gasteiger partial charge in [0.1, 0.15) is 0 Å². The molecule has 1 fully saturated rings. The zero-order valence-electron chi connectivity index (χ0n) is 11.4. The Kier molecular flexibility index (Phi) is 4.01. The SMILES string of the molecule is Cc1ccc([N+](=O)[O-])cc1C(=O)N(C)[C@@H]1CNC[C@H]1O. The van der Waals surface area contributed by atoms with Gasteiger partial charge in [0.15, 0.2) is 0 Å². The number of nitrogens with zero attached hydrogens (tertiary/aromatic N) is 2. The molecule has 0 saturated carbocycles. The summed E-state index contributed by atoms with van der Waals surface area (Å²) in [6.45, 7) is 2.68. The quantitative estimate of drug-likeness (QED) is 0.613. The number of aryl methyl sites for hydroxylation is 1. The lowest BCUT2D eigenvalue weighted by Gasteiger charge is -2.27. The number of carbonyl (C=O) groups is 1. The lowest BCUT2D eigenvalue weighted by molar-refractivity contribution is -0.384. The minimum Gasteiger partial charge on any atom is -0.390 e. The van der Waals surface area contributed by atoms with Crippen molar-refractivity contribution in [3.05, 3.63) is 39.4 Å². The molecule has 20 heavy (non-hydrogen) atoms. The molecule has 0 aromatic heterocycles. The van der Waals surface area contributed by atoms with Crippen LogP contribution in [0.2, 0.25) is 0 Å². The normalized spacial score (nSPS) is 21.8. The maximum absolute atomic E-state index is 12.4. The molecule has 1 saturated heterocycles. The first-order valence-electron chi connectivity index (χ1n) is 6.33. The monoisotopic (exact) mass is 279 g/mol. The fourth-order valence-corrected chi connectivity index (χ4v) is 2.34. The van der Waals surface area contributed by atoms with Crippen LogP contribution in [0.5, 0.6) is 0 Å². The lowest BCUT2D eigenvalue weighted by Crippen LogP contribution is -2.44. The molecule has 7 heteroatoms. The molecule has 0 radical (unpaired) electrons. The average Bonchev–Trinajstić information content (AvgIpc) is 2.83. The molecule has 2 rings (SSSR count). The number of aliphatic hydroxyl groups excluding tert-OH is 1. The zero-order chi connectivity index (χ0) is 14.9. The van der Waals surface area contributed by atoms with E-state index in [1.807, 2.05) is 0 Å². The smallest absolute Gasteiger partial charge is 0.270 e. The molecule has 1 aliphatic rings. The zero-order valence-corrected chi connectivity index (χ0v) is 11.4. The van der Waals surface area contributed by atoms with Crippen molar-refractivity contribution in [2.24, 2.45) is 0 Å². The molecule has 1 aliphatic heterocycles. The molecule has 0 aliphatic carbocycles. The van der Waals surface area contributed by atoms with Crippen LogP contribution in [-0.4, -0.2) is 53.1 Å². The summed E-state index contributed by atoms with van der Waals surface area (Å²) in [6, 6.07) is 3.89. The largest absolute Gasteiger partial charge is 0.390 e. The highest BCUT2D eigenvalue weighted by Crippen LogP contribution is 2.20. The van der Waals surface area contributed by atoms with Crippen molar-refractivity contribution in [3.63, 3.8) is 0 Å². The summed E-state index contributed by atoms with van der Waals surface area (Å²) in [6.07, 6.45) is -0.622. The van der Waals surface area contributed by atoms with Crippen LogP contribution in [0.15, 0.2) is 18.2 Å². The summed E-state index contributed by atoms with van der Waals surface area (Å²) in [7, 11) is 1.60. The van der Waals surface area contributed by atoms with Gasteiger partial charge in [-0.3, -0.25) is 14.9 Å². The third-order valence-corrected chi connectivity index (χ3v) is 3.63. The van der Waals surface area contributed by atoms with Gasteiger partial charge in [-0.05, 0) is 12.5 Å². The lowest BCUT2D eigenvalue weighted by atomic mass is 10.1. The van der Waals surface area contributed by atoms with Crippen LogP contribution in [-0.2, 0) is 0 Å². The highest BCUT2D eigenvalue weighted by atomic mass is 16.6. The maximum atomic E-state index is 12.4. The molecule has 1 aromatic carbocycles. The van der Waals surface area contributed by atoms with E-state index in [0.29, 0.717) is 24.2 Å². The van der Waals surface area contributed by atoms with E-state index in [9.17, 15) is 20.0 Å². The Morgan fingerprint density at radius 2 is 2.20 bits per heavy atom. The minimum absolute atomic E-state index is 0.113. The first-order valence-corrected chi connectivity index (χ1v) is 6.33. The summed E-state index contributed by atoms with van der Waals surface area (Å²) in [5, 5.41) is 23.6. The minimum atomic E-state index is -0.622. The van der Waals surface area contributed by atoms with E-state index >= 15 is 0 Å². The molecule has 1 aromatic rings. The van der Waals surface area contributed by atoms with Gasteiger partial charge >= 0.3 is 0 Å². The second kappa shape index (κ2) is 5.56. The molecule has 1 amide bonds. The van der Waals surface area contributed by atoms with Crippen LogP contribution >= 0.6 is 0 Å². The Morgan fingerprint density at radius 3 is 2.75 bits per heavy atom. The van der Waals surface area contributed by atoms with Gasteiger partial charge in [0, 0.05) is 37.8 Å². The predicted octanol–water partition coefficient (Wildman–Crippen LogP) is 0.308. The highest BCUT2D eigenvalue weighted by Gasteiger charge is 2.32. The Bertz CT molecular complexity index is 546. The number of nitro benzene ring substituents is 1. The van der Waals surface area contributed by atoms with E-state index in [1.165, 1.54) is 17.0 Å². The molecule has 7 nitrogen and oxygen atoms in total. The van der Waals surface area contributed by atoms with Crippen LogP contribution in [0, 0.1) is 17.0 Å². The van der Waals surface area contributed by atoms with Gasteiger partial charge < -0.3 is 15.3 Å². The summed E-state index contributed by atoms with van der Waals surface area (Å²) in [5.74, 6) is -0.320. The Hall–Kier alpha value is -1.99. The van der Waals surface area contributed by atoms with E-state index in [1.54, 1.807) is 20.0 Å². The van der Waals surface area contributed by atoms with Gasteiger partial charge in [-0.1, -0.05) is 6.07 Å². The predicted molar refractivity (Wildman–Crippen MR) is 72.6 cm³/mol. The molecule has 108 valence electrons. The third-order valence-electron chi connectivity index (χ3n) is 3.63. The molecule has 2 atom stereocenters.